The topological polar surface area (TPSA) is 164 Å². The van der Waals surface area contributed by atoms with E-state index in [0.717, 1.165) is 44.7 Å². The largest absolute Gasteiger partial charge is 0.433 e. The van der Waals surface area contributed by atoms with Crippen LogP contribution in [0.3, 0.4) is 0 Å². The van der Waals surface area contributed by atoms with E-state index in [1.165, 1.54) is 31.0 Å². The number of anilines is 1. The summed E-state index contributed by atoms with van der Waals surface area (Å²) >= 11 is 0. The number of carbonyl (C=O) groups is 6. The minimum atomic E-state index is -6.33. The Morgan fingerprint density at radius 2 is 1.33 bits per heavy atom. The number of ether oxygens (including phenoxy) is 3. The molecule has 8 rings (SSSR count). The van der Waals surface area contributed by atoms with Crippen molar-refractivity contribution in [3.63, 3.8) is 0 Å². The van der Waals surface area contributed by atoms with Gasteiger partial charge in [0.1, 0.15) is 14.9 Å². The molecule has 4 fully saturated rings. The van der Waals surface area contributed by atoms with E-state index < -0.39 is 61.6 Å². The molecular weight excluding hydrogens is 612 g/mol. The monoisotopic (exact) mass is 638 g/mol. The molecule has 0 N–H and O–H groups in total. The van der Waals surface area contributed by atoms with Crippen LogP contribution in [0, 0.1) is 0 Å². The second-order valence-electron chi connectivity index (χ2n) is 11.8. The molecule has 1 unspecified atom stereocenters. The molecule has 2 aromatic rings. The Morgan fingerprint density at radius 1 is 0.689 bits per heavy atom. The van der Waals surface area contributed by atoms with Crippen LogP contribution in [0.25, 0.3) is 5.76 Å². The highest BCUT2D eigenvalue weighted by Crippen LogP contribution is 3.07. The van der Waals surface area contributed by atoms with Crippen LogP contribution in [0.1, 0.15) is 36.8 Å². The maximum Gasteiger partial charge on any atom is 0.433 e. The van der Waals surface area contributed by atoms with E-state index in [4.69, 9.17) is 26.8 Å². The highest BCUT2D eigenvalue weighted by Gasteiger charge is 2.86. The van der Waals surface area contributed by atoms with Gasteiger partial charge in [-0.25, -0.2) is 28.8 Å². The zero-order valence-electron chi connectivity index (χ0n) is 23.7. The first kappa shape index (κ1) is 27.6. The van der Waals surface area contributed by atoms with Crippen LogP contribution >= 0.6 is 9.14 Å². The molecule has 1 atom stereocenters. The SMILES string of the molecule is O=C1OC2=C3OC(=O)C(=O)OS34(Cc3ccc(N5CCCC5CN5CCCC5)cc3)(OC(=O)C(=O)O4)c3cccc(c32)OC1=O. The maximum absolute atomic E-state index is 13.1. The third-order valence-electron chi connectivity index (χ3n) is 9.13. The molecule has 0 aromatic heterocycles. The molecule has 0 bridgehead atoms. The van der Waals surface area contributed by atoms with Gasteiger partial charge < -0.3 is 36.6 Å². The van der Waals surface area contributed by atoms with Gasteiger partial charge in [-0.1, -0.05) is 18.2 Å². The van der Waals surface area contributed by atoms with E-state index in [2.05, 4.69) is 9.80 Å². The minimum absolute atomic E-state index is 0.211. The average Bonchev–Trinajstić information content (AvgIpc) is 3.76. The molecule has 45 heavy (non-hydrogen) atoms. The molecule has 234 valence electrons. The van der Waals surface area contributed by atoms with Gasteiger partial charge in [0.25, 0.3) is 5.09 Å². The van der Waals surface area contributed by atoms with Crippen molar-refractivity contribution in [2.24, 2.45) is 0 Å². The molecular formula is C30H26N2O12S. The van der Waals surface area contributed by atoms with Crippen LogP contribution in [0.5, 0.6) is 5.75 Å². The molecule has 6 heterocycles. The van der Waals surface area contributed by atoms with Crippen LogP contribution in [0.4, 0.5) is 5.69 Å². The standard InChI is InChI=1S/C30H26N2O12S/c33-24-25(34)40-23-22-20(39-24)6-3-7-21(22)45(43-28(37)29(38)44-45,30(23)41-26(35)27(36)42-45)16-17-8-10-18(11-9-17)32-14-4-5-19(32)15-31-12-1-2-13-31/h3,6-11,19H,1-2,4-5,12-16H2. The van der Waals surface area contributed by atoms with Crippen LogP contribution in [-0.2, 0) is 56.5 Å². The summed E-state index contributed by atoms with van der Waals surface area (Å²) in [5.41, 5.74) is 1.09. The molecule has 14 nitrogen and oxygen atoms in total. The fourth-order valence-corrected chi connectivity index (χ4v) is 12.8. The lowest BCUT2D eigenvalue weighted by molar-refractivity contribution is -0.163. The van der Waals surface area contributed by atoms with Gasteiger partial charge in [0.2, 0.25) is 0 Å². The van der Waals surface area contributed by atoms with Crippen molar-refractivity contribution in [2.45, 2.75) is 42.4 Å². The average molecular weight is 639 g/mol. The van der Waals surface area contributed by atoms with Gasteiger partial charge in [0.05, 0.1) is 16.2 Å². The van der Waals surface area contributed by atoms with Crippen molar-refractivity contribution in [2.75, 3.05) is 31.1 Å². The lowest BCUT2D eigenvalue weighted by Crippen LogP contribution is -2.50. The summed E-state index contributed by atoms with van der Waals surface area (Å²) in [6.45, 7) is 4.02. The third kappa shape index (κ3) is 3.50. The smallest absolute Gasteiger partial charge is 0.417 e. The number of carbonyl (C=O) groups excluding carboxylic acids is 6. The first-order chi connectivity index (χ1) is 21.6. The van der Waals surface area contributed by atoms with Crippen molar-refractivity contribution in [1.82, 2.24) is 4.90 Å². The number of likely N-dealkylation sites (tertiary alicyclic amines) is 1. The number of benzene rings is 2. The minimum Gasteiger partial charge on any atom is -0.417 e. The second kappa shape index (κ2) is 8.85. The molecule has 6 aliphatic rings. The number of hydrogen-bond acceptors (Lipinski definition) is 14. The first-order valence-electron chi connectivity index (χ1n) is 14.5. The summed E-state index contributed by atoms with van der Waals surface area (Å²) < 4.78 is 33.5. The van der Waals surface area contributed by atoms with Crippen LogP contribution in [-0.4, -0.2) is 72.9 Å². The van der Waals surface area contributed by atoms with E-state index in [9.17, 15) is 28.8 Å². The highest BCUT2D eigenvalue weighted by molar-refractivity contribution is 8.57. The molecule has 6 aliphatic heterocycles. The normalized spacial score (nSPS) is 27.1. The lowest BCUT2D eigenvalue weighted by atomic mass is 10.1. The number of rotatable bonds is 5. The Labute approximate surface area is 254 Å². The van der Waals surface area contributed by atoms with Crippen molar-refractivity contribution in [3.05, 3.63) is 58.7 Å². The lowest BCUT2D eigenvalue weighted by Gasteiger charge is -2.69. The van der Waals surface area contributed by atoms with Crippen molar-refractivity contribution in [1.29, 1.82) is 0 Å². The Balaban J connectivity index is 1.29. The molecule has 0 amide bonds. The fourth-order valence-electron chi connectivity index (χ4n) is 7.29. The van der Waals surface area contributed by atoms with E-state index in [-0.39, 0.29) is 16.2 Å². The summed E-state index contributed by atoms with van der Waals surface area (Å²) in [5, 5.41) is -0.817. The van der Waals surface area contributed by atoms with Gasteiger partial charge in [-0.05, 0) is 68.6 Å². The summed E-state index contributed by atoms with van der Waals surface area (Å²) in [6, 6.07) is 11.4. The van der Waals surface area contributed by atoms with Gasteiger partial charge in [0.15, 0.2) is 5.76 Å². The van der Waals surface area contributed by atoms with E-state index >= 15 is 0 Å². The Bertz CT molecular complexity index is 1810. The predicted octanol–water partition coefficient (Wildman–Crippen LogP) is 2.23. The molecule has 0 aliphatic carbocycles. The number of nitrogens with zero attached hydrogens (tertiary/aromatic N) is 2. The number of esters is 3. The molecule has 15 heteroatoms. The predicted molar refractivity (Wildman–Crippen MR) is 152 cm³/mol. The quantitative estimate of drug-likeness (QED) is 0.266. The van der Waals surface area contributed by atoms with Crippen LogP contribution in [0.2, 0.25) is 0 Å². The Morgan fingerprint density at radius 3 is 2.04 bits per heavy atom. The summed E-state index contributed by atoms with van der Waals surface area (Å²) in [6.07, 6.45) is 4.51. The summed E-state index contributed by atoms with van der Waals surface area (Å²) in [5.74, 6) is -10.6. The highest BCUT2D eigenvalue weighted by atomic mass is 32.4. The molecule has 4 saturated heterocycles. The van der Waals surface area contributed by atoms with Gasteiger partial charge in [0, 0.05) is 24.8 Å². The summed E-state index contributed by atoms with van der Waals surface area (Å²) in [4.78, 5) is 81.3. The Kier molecular flexibility index (Phi) is 5.44. The van der Waals surface area contributed by atoms with Crippen molar-refractivity contribution < 1.29 is 55.5 Å². The summed E-state index contributed by atoms with van der Waals surface area (Å²) in [7, 11) is -6.33. The third-order valence-corrected chi connectivity index (χ3v) is 14.4. The zero-order chi connectivity index (χ0) is 31.2. The second-order valence-corrected chi connectivity index (χ2v) is 16.3. The van der Waals surface area contributed by atoms with Gasteiger partial charge >= 0.3 is 35.8 Å². The van der Waals surface area contributed by atoms with Crippen LogP contribution in [0.15, 0.2) is 52.5 Å². The number of hydrogen-bond donors (Lipinski definition) is 0. The van der Waals surface area contributed by atoms with Gasteiger partial charge in [-0.15, -0.1) is 0 Å². The van der Waals surface area contributed by atoms with Gasteiger partial charge in [-0.3, -0.25) is 0 Å². The molecule has 0 radical (unpaired) electrons. The van der Waals surface area contributed by atoms with Crippen LogP contribution < -0.4 is 9.64 Å². The molecule has 0 saturated carbocycles. The van der Waals surface area contributed by atoms with Crippen molar-refractivity contribution >= 4 is 56.4 Å². The maximum atomic E-state index is 13.1. The van der Waals surface area contributed by atoms with Crippen molar-refractivity contribution in [3.8, 4) is 5.75 Å². The van der Waals surface area contributed by atoms with E-state index in [0.29, 0.717) is 11.6 Å². The fraction of sp³-hybridized carbons (Fsp3) is 0.333. The Hall–Kier alpha value is -4.89. The van der Waals surface area contributed by atoms with Gasteiger partial charge in [-0.2, -0.15) is 0 Å². The molecule has 1 spiro atoms. The molecule has 2 aromatic carbocycles. The van der Waals surface area contributed by atoms with E-state index in [1.54, 1.807) is 12.1 Å². The zero-order valence-corrected chi connectivity index (χ0v) is 24.5. The van der Waals surface area contributed by atoms with E-state index in [1.807, 2.05) is 12.1 Å². The first-order valence-corrected chi connectivity index (χ1v) is 16.9.